The molecule has 15 heavy (non-hydrogen) atoms. The molecule has 0 atom stereocenters. The third-order valence-electron chi connectivity index (χ3n) is 2.73. The van der Waals surface area contributed by atoms with Gasteiger partial charge in [-0.15, -0.1) is 0 Å². The van der Waals surface area contributed by atoms with Crippen LogP contribution >= 0.6 is 0 Å². The van der Waals surface area contributed by atoms with Crippen molar-refractivity contribution in [3.05, 3.63) is 23.9 Å². The average molecular weight is 206 g/mol. The van der Waals surface area contributed by atoms with E-state index in [0.717, 1.165) is 24.8 Å². The molecule has 1 amide bonds. The highest BCUT2D eigenvalue weighted by Crippen LogP contribution is 2.27. The van der Waals surface area contributed by atoms with Crippen molar-refractivity contribution in [3.8, 4) is 0 Å². The predicted octanol–water partition coefficient (Wildman–Crippen LogP) is 1.31. The largest absolute Gasteiger partial charge is 0.392 e. The molecule has 4 nitrogen and oxygen atoms in total. The van der Waals surface area contributed by atoms with Crippen LogP contribution in [0.3, 0.4) is 0 Å². The van der Waals surface area contributed by atoms with Crippen LogP contribution in [0.25, 0.3) is 0 Å². The second-order valence-electron chi connectivity index (χ2n) is 3.82. The summed E-state index contributed by atoms with van der Waals surface area (Å²) in [5.74, 6) is 0.729. The van der Waals surface area contributed by atoms with Crippen LogP contribution in [0, 0.1) is 5.92 Å². The molecule has 80 valence electrons. The first kappa shape index (κ1) is 10.1. The first-order valence-electron chi connectivity index (χ1n) is 5.16. The minimum absolute atomic E-state index is 0.0329. The lowest BCUT2D eigenvalue weighted by Gasteiger charge is -2.23. The summed E-state index contributed by atoms with van der Waals surface area (Å²) in [5, 5.41) is 11.7. The Labute approximate surface area is 88.3 Å². The fourth-order valence-electron chi connectivity index (χ4n) is 1.54. The van der Waals surface area contributed by atoms with Crippen LogP contribution in [-0.4, -0.2) is 16.0 Å². The van der Waals surface area contributed by atoms with E-state index >= 15 is 0 Å². The maximum Gasteiger partial charge on any atom is 0.228 e. The van der Waals surface area contributed by atoms with Gasteiger partial charge in [0, 0.05) is 12.1 Å². The van der Waals surface area contributed by atoms with Gasteiger partial charge < -0.3 is 10.4 Å². The van der Waals surface area contributed by atoms with Gasteiger partial charge in [-0.25, -0.2) is 4.98 Å². The minimum atomic E-state index is -0.0329. The zero-order chi connectivity index (χ0) is 10.7. The molecular weight excluding hydrogens is 192 g/mol. The lowest BCUT2D eigenvalue weighted by atomic mass is 9.85. The van der Waals surface area contributed by atoms with E-state index in [1.165, 1.54) is 0 Å². The molecule has 0 bridgehead atoms. The van der Waals surface area contributed by atoms with E-state index in [1.54, 1.807) is 18.3 Å². The Balaban J connectivity index is 1.99. The summed E-state index contributed by atoms with van der Waals surface area (Å²) in [4.78, 5) is 15.6. The van der Waals surface area contributed by atoms with Gasteiger partial charge in [-0.05, 0) is 30.5 Å². The average Bonchev–Trinajstić information content (AvgIpc) is 2.15. The van der Waals surface area contributed by atoms with Gasteiger partial charge in [-0.1, -0.05) is 6.42 Å². The number of hydrogen-bond donors (Lipinski definition) is 2. The smallest absolute Gasteiger partial charge is 0.228 e. The standard InChI is InChI=1S/C11H14N2O2/c14-7-8-4-5-12-10(6-8)13-11(15)9-2-1-3-9/h4-6,9,14H,1-3,7H2,(H,12,13,15). The van der Waals surface area contributed by atoms with Crippen LogP contribution in [0.15, 0.2) is 18.3 Å². The first-order chi connectivity index (χ1) is 7.29. The number of aliphatic hydroxyl groups excluding tert-OH is 1. The molecule has 1 fully saturated rings. The summed E-state index contributed by atoms with van der Waals surface area (Å²) in [6.07, 6.45) is 4.68. The number of rotatable bonds is 3. The Bertz CT molecular complexity index is 361. The molecule has 0 aromatic carbocycles. The zero-order valence-electron chi connectivity index (χ0n) is 8.44. The van der Waals surface area contributed by atoms with Crippen LogP contribution in [0.5, 0.6) is 0 Å². The normalized spacial score (nSPS) is 15.8. The zero-order valence-corrected chi connectivity index (χ0v) is 8.44. The van der Waals surface area contributed by atoms with Crippen molar-refractivity contribution >= 4 is 11.7 Å². The number of aliphatic hydroxyl groups is 1. The van der Waals surface area contributed by atoms with Crippen molar-refractivity contribution in [1.82, 2.24) is 4.98 Å². The molecule has 1 aliphatic carbocycles. The summed E-state index contributed by atoms with van der Waals surface area (Å²) in [6, 6.07) is 3.41. The van der Waals surface area contributed by atoms with E-state index < -0.39 is 0 Å². The molecule has 4 heteroatoms. The molecule has 2 N–H and O–H groups in total. The number of hydrogen-bond acceptors (Lipinski definition) is 3. The monoisotopic (exact) mass is 206 g/mol. The molecule has 0 saturated heterocycles. The maximum absolute atomic E-state index is 11.6. The molecule has 0 radical (unpaired) electrons. The third kappa shape index (κ3) is 2.33. The second kappa shape index (κ2) is 4.40. The topological polar surface area (TPSA) is 62.2 Å². The highest BCUT2D eigenvalue weighted by Gasteiger charge is 2.25. The number of pyridine rings is 1. The molecule has 0 unspecified atom stereocenters. The highest BCUT2D eigenvalue weighted by molar-refractivity contribution is 5.92. The molecule has 0 aliphatic heterocycles. The summed E-state index contributed by atoms with van der Waals surface area (Å²) >= 11 is 0. The molecule has 1 aromatic rings. The molecule has 1 heterocycles. The Morgan fingerprint density at radius 3 is 3.00 bits per heavy atom. The van der Waals surface area contributed by atoms with Gasteiger partial charge in [0.15, 0.2) is 0 Å². The van der Waals surface area contributed by atoms with Gasteiger partial charge in [-0.2, -0.15) is 0 Å². The number of carbonyl (C=O) groups excluding carboxylic acids is 1. The Morgan fingerprint density at radius 1 is 1.60 bits per heavy atom. The van der Waals surface area contributed by atoms with Crippen molar-refractivity contribution in [1.29, 1.82) is 0 Å². The van der Waals surface area contributed by atoms with Gasteiger partial charge >= 0.3 is 0 Å². The van der Waals surface area contributed by atoms with Crippen LogP contribution in [0.1, 0.15) is 24.8 Å². The van der Waals surface area contributed by atoms with E-state index in [-0.39, 0.29) is 18.4 Å². The highest BCUT2D eigenvalue weighted by atomic mass is 16.3. The van der Waals surface area contributed by atoms with Crippen molar-refractivity contribution < 1.29 is 9.90 Å². The van der Waals surface area contributed by atoms with Gasteiger partial charge in [0.05, 0.1) is 6.61 Å². The van der Waals surface area contributed by atoms with Crippen molar-refractivity contribution in [2.24, 2.45) is 5.92 Å². The number of carbonyl (C=O) groups is 1. The fraction of sp³-hybridized carbons (Fsp3) is 0.455. The Morgan fingerprint density at radius 2 is 2.40 bits per heavy atom. The number of aromatic nitrogens is 1. The summed E-state index contributed by atoms with van der Waals surface area (Å²) < 4.78 is 0. The van der Waals surface area contributed by atoms with E-state index in [2.05, 4.69) is 10.3 Å². The minimum Gasteiger partial charge on any atom is -0.392 e. The van der Waals surface area contributed by atoms with Crippen LogP contribution < -0.4 is 5.32 Å². The number of anilines is 1. The molecule has 2 rings (SSSR count). The van der Waals surface area contributed by atoms with Crippen molar-refractivity contribution in [2.45, 2.75) is 25.9 Å². The molecule has 0 spiro atoms. The van der Waals surface area contributed by atoms with Gasteiger partial charge in [-0.3, -0.25) is 4.79 Å². The Hall–Kier alpha value is -1.42. The van der Waals surface area contributed by atoms with Gasteiger partial charge in [0.2, 0.25) is 5.91 Å². The van der Waals surface area contributed by atoms with Crippen molar-refractivity contribution in [3.63, 3.8) is 0 Å². The number of amides is 1. The maximum atomic E-state index is 11.6. The van der Waals surface area contributed by atoms with Crippen LogP contribution in [-0.2, 0) is 11.4 Å². The first-order valence-corrected chi connectivity index (χ1v) is 5.16. The van der Waals surface area contributed by atoms with Crippen LogP contribution in [0.4, 0.5) is 5.82 Å². The predicted molar refractivity (Wildman–Crippen MR) is 56.1 cm³/mol. The fourth-order valence-corrected chi connectivity index (χ4v) is 1.54. The van der Waals surface area contributed by atoms with Crippen molar-refractivity contribution in [2.75, 3.05) is 5.32 Å². The van der Waals surface area contributed by atoms with Crippen LogP contribution in [0.2, 0.25) is 0 Å². The van der Waals surface area contributed by atoms with E-state index in [0.29, 0.717) is 5.82 Å². The van der Waals surface area contributed by atoms with Gasteiger partial charge in [0.25, 0.3) is 0 Å². The molecule has 1 aromatic heterocycles. The lowest BCUT2D eigenvalue weighted by molar-refractivity contribution is -0.122. The summed E-state index contributed by atoms with van der Waals surface area (Å²) in [7, 11) is 0. The summed E-state index contributed by atoms with van der Waals surface area (Å²) in [5.41, 5.74) is 0.758. The van der Waals surface area contributed by atoms with E-state index in [4.69, 9.17) is 5.11 Å². The van der Waals surface area contributed by atoms with Gasteiger partial charge in [0.1, 0.15) is 5.82 Å². The Kier molecular flexibility index (Phi) is 2.97. The quantitative estimate of drug-likeness (QED) is 0.783. The summed E-state index contributed by atoms with van der Waals surface area (Å²) in [6.45, 7) is -0.0329. The number of nitrogens with one attached hydrogen (secondary N) is 1. The molecule has 1 aliphatic rings. The molecule has 1 saturated carbocycles. The van der Waals surface area contributed by atoms with E-state index in [1.807, 2.05) is 0 Å². The lowest BCUT2D eigenvalue weighted by Crippen LogP contribution is -2.28. The SMILES string of the molecule is O=C(Nc1cc(CO)ccn1)C1CCC1. The number of nitrogens with zero attached hydrogens (tertiary/aromatic N) is 1. The third-order valence-corrected chi connectivity index (χ3v) is 2.73. The molecular formula is C11H14N2O2. The second-order valence-corrected chi connectivity index (χ2v) is 3.82. The van der Waals surface area contributed by atoms with E-state index in [9.17, 15) is 4.79 Å².